The van der Waals surface area contributed by atoms with E-state index in [-0.39, 0.29) is 33.8 Å². The van der Waals surface area contributed by atoms with Crippen LogP contribution in [0.1, 0.15) is 44.7 Å². The molecule has 0 unspecified atom stereocenters. The molecule has 4 N–H and O–H groups in total. The first kappa shape index (κ1) is 24.5. The summed E-state index contributed by atoms with van der Waals surface area (Å²) >= 11 is 0. The molecule has 2 fully saturated rings. The van der Waals surface area contributed by atoms with Gasteiger partial charge < -0.3 is 30.3 Å². The monoisotopic (exact) mass is 496 g/mol. The minimum Gasteiger partial charge on any atom is -0.507 e. The average Bonchev–Trinajstić information content (AvgIpc) is 2.90. The van der Waals surface area contributed by atoms with Crippen LogP contribution in [0.25, 0.3) is 0 Å². The van der Waals surface area contributed by atoms with Crippen LogP contribution in [0.4, 0.5) is 11.4 Å². The average molecular weight is 497 g/mol. The maximum absolute atomic E-state index is 13.6. The van der Waals surface area contributed by atoms with Gasteiger partial charge in [-0.1, -0.05) is 0 Å². The van der Waals surface area contributed by atoms with Crippen LogP contribution in [0.3, 0.4) is 0 Å². The zero-order valence-corrected chi connectivity index (χ0v) is 20.2. The number of carbonyl (C=O) groups excluding carboxylic acids is 2. The summed E-state index contributed by atoms with van der Waals surface area (Å²) in [6.45, 7) is 7.12. The molecule has 2 saturated heterocycles. The zero-order chi connectivity index (χ0) is 25.1. The Balaban J connectivity index is 1.42. The summed E-state index contributed by atoms with van der Waals surface area (Å²) < 4.78 is 11.0. The van der Waals surface area contributed by atoms with Crippen LogP contribution in [-0.2, 0) is 9.47 Å². The van der Waals surface area contributed by atoms with Crippen LogP contribution >= 0.6 is 0 Å². The molecule has 2 aromatic rings. The van der Waals surface area contributed by atoms with Gasteiger partial charge in [0.2, 0.25) is 11.6 Å². The number of nitrogens with zero attached hydrogens (tertiary/aromatic N) is 2. The fourth-order valence-electron chi connectivity index (χ4n) is 5.01. The molecule has 0 atom stereocenters. The molecule has 0 amide bonds. The number of ether oxygens (including phenoxy) is 2. The lowest BCUT2D eigenvalue weighted by atomic mass is 9.81. The predicted octanol–water partition coefficient (Wildman–Crippen LogP) is 2.06. The molecule has 5 rings (SSSR count). The number of nitrogens with one attached hydrogen (secondary N) is 2. The van der Waals surface area contributed by atoms with Crippen molar-refractivity contribution in [3.63, 3.8) is 0 Å². The molecule has 36 heavy (non-hydrogen) atoms. The first-order valence-electron chi connectivity index (χ1n) is 12.4. The number of benzene rings is 2. The van der Waals surface area contributed by atoms with Crippen LogP contribution in [0, 0.1) is 0 Å². The molecular weight excluding hydrogens is 464 g/mol. The molecular formula is C26H32N4O6. The van der Waals surface area contributed by atoms with Crippen molar-refractivity contribution < 1.29 is 29.3 Å². The van der Waals surface area contributed by atoms with Crippen molar-refractivity contribution in [2.45, 2.75) is 12.8 Å². The fourth-order valence-corrected chi connectivity index (χ4v) is 5.01. The SMILES string of the molecule is O=C1c2c(O)ccc(O)c2C(=O)c2c(NCCN3CCCOC3)ccc(NCCN3CCCOC3)c21. The van der Waals surface area contributed by atoms with Crippen LogP contribution in [-0.4, -0.2) is 97.5 Å². The van der Waals surface area contributed by atoms with Gasteiger partial charge in [-0.2, -0.15) is 0 Å². The van der Waals surface area contributed by atoms with Gasteiger partial charge in [-0.15, -0.1) is 0 Å². The van der Waals surface area contributed by atoms with E-state index in [0.717, 1.165) is 52.2 Å². The molecule has 2 aliphatic heterocycles. The standard InChI is InChI=1S/C26H32N4O6/c31-19-5-6-20(32)24-23(19)25(33)21-17(27-7-11-29-9-1-13-35-15-29)3-4-18(22(21)26(24)34)28-8-12-30-10-2-14-36-16-30/h3-6,27-28,31-32H,1-2,7-16H2. The van der Waals surface area contributed by atoms with Crippen LogP contribution in [0.2, 0.25) is 0 Å². The number of hydrogen-bond donors (Lipinski definition) is 4. The third-order valence-corrected chi connectivity index (χ3v) is 6.84. The predicted molar refractivity (Wildman–Crippen MR) is 134 cm³/mol. The molecule has 3 aliphatic rings. The van der Waals surface area contributed by atoms with Gasteiger partial charge in [0.1, 0.15) is 11.5 Å². The van der Waals surface area contributed by atoms with E-state index in [1.807, 2.05) is 0 Å². The highest BCUT2D eigenvalue weighted by molar-refractivity contribution is 6.33. The molecule has 0 aromatic heterocycles. The Morgan fingerprint density at radius 3 is 1.53 bits per heavy atom. The number of ketones is 2. The van der Waals surface area contributed by atoms with Gasteiger partial charge in [0, 0.05) is 63.9 Å². The topological polar surface area (TPSA) is 124 Å². The third kappa shape index (κ3) is 4.90. The summed E-state index contributed by atoms with van der Waals surface area (Å²) in [5.41, 5.74) is 1.11. The molecule has 0 bridgehead atoms. The quantitative estimate of drug-likeness (QED) is 0.345. The fraction of sp³-hybridized carbons (Fsp3) is 0.462. The summed E-state index contributed by atoms with van der Waals surface area (Å²) in [7, 11) is 0. The summed E-state index contributed by atoms with van der Waals surface area (Å²) in [5.74, 6) is -1.65. The second kappa shape index (κ2) is 10.8. The summed E-state index contributed by atoms with van der Waals surface area (Å²) in [6.07, 6.45) is 1.96. The van der Waals surface area contributed by atoms with Crippen molar-refractivity contribution >= 4 is 22.9 Å². The van der Waals surface area contributed by atoms with E-state index >= 15 is 0 Å². The number of phenols is 2. The molecule has 0 spiro atoms. The van der Waals surface area contributed by atoms with E-state index < -0.39 is 11.6 Å². The highest BCUT2D eigenvalue weighted by Crippen LogP contribution is 2.42. The van der Waals surface area contributed by atoms with Gasteiger partial charge in [0.15, 0.2) is 0 Å². The highest BCUT2D eigenvalue weighted by atomic mass is 16.5. The highest BCUT2D eigenvalue weighted by Gasteiger charge is 2.38. The number of fused-ring (bicyclic) bond motifs is 2. The first-order valence-corrected chi connectivity index (χ1v) is 12.4. The molecule has 192 valence electrons. The lowest BCUT2D eigenvalue weighted by molar-refractivity contribution is -0.0110. The Hall–Kier alpha value is -3.18. The smallest absolute Gasteiger partial charge is 0.200 e. The molecule has 1 aliphatic carbocycles. The summed E-state index contributed by atoms with van der Waals surface area (Å²) in [4.78, 5) is 31.6. The zero-order valence-electron chi connectivity index (χ0n) is 20.2. The van der Waals surface area contributed by atoms with Crippen molar-refractivity contribution in [3.05, 3.63) is 46.5 Å². The number of hydrogen-bond acceptors (Lipinski definition) is 10. The number of anilines is 2. The van der Waals surface area contributed by atoms with Crippen LogP contribution in [0.5, 0.6) is 11.5 Å². The maximum atomic E-state index is 13.6. The van der Waals surface area contributed by atoms with Gasteiger partial charge in [0.25, 0.3) is 0 Å². The van der Waals surface area contributed by atoms with Crippen molar-refractivity contribution in [1.29, 1.82) is 0 Å². The summed E-state index contributed by atoms with van der Waals surface area (Å²) in [5, 5.41) is 27.5. The second-order valence-corrected chi connectivity index (χ2v) is 9.29. The number of phenolic OH excluding ortho intramolecular Hbond substituents is 2. The Morgan fingerprint density at radius 2 is 1.14 bits per heavy atom. The van der Waals surface area contributed by atoms with E-state index in [1.165, 1.54) is 12.1 Å². The van der Waals surface area contributed by atoms with Crippen LogP contribution in [0.15, 0.2) is 24.3 Å². The molecule has 10 nitrogen and oxygen atoms in total. The minimum atomic E-state index is -0.495. The molecule has 2 heterocycles. The van der Waals surface area contributed by atoms with E-state index in [4.69, 9.17) is 9.47 Å². The lowest BCUT2D eigenvalue weighted by Crippen LogP contribution is -2.37. The second-order valence-electron chi connectivity index (χ2n) is 9.29. The first-order chi connectivity index (χ1) is 17.5. The van der Waals surface area contributed by atoms with Gasteiger partial charge >= 0.3 is 0 Å². The van der Waals surface area contributed by atoms with Gasteiger partial charge in [-0.25, -0.2) is 0 Å². The van der Waals surface area contributed by atoms with Crippen molar-refractivity contribution in [2.75, 3.05) is 76.6 Å². The van der Waals surface area contributed by atoms with E-state index in [1.54, 1.807) is 12.1 Å². The lowest BCUT2D eigenvalue weighted by Gasteiger charge is -2.28. The summed E-state index contributed by atoms with van der Waals surface area (Å²) in [6, 6.07) is 6.04. The number of rotatable bonds is 8. The number of carbonyl (C=O) groups is 2. The molecule has 0 saturated carbocycles. The van der Waals surface area contributed by atoms with Crippen molar-refractivity contribution in [2.24, 2.45) is 0 Å². The van der Waals surface area contributed by atoms with Gasteiger partial charge in [-0.05, 0) is 37.1 Å². The third-order valence-electron chi connectivity index (χ3n) is 6.84. The Morgan fingerprint density at radius 1 is 0.694 bits per heavy atom. The minimum absolute atomic E-state index is 0.164. The molecule has 0 radical (unpaired) electrons. The van der Waals surface area contributed by atoms with E-state index in [2.05, 4.69) is 20.4 Å². The molecule has 10 heteroatoms. The van der Waals surface area contributed by atoms with E-state index in [9.17, 15) is 19.8 Å². The van der Waals surface area contributed by atoms with Crippen molar-refractivity contribution in [3.8, 4) is 11.5 Å². The molecule has 2 aromatic carbocycles. The largest absolute Gasteiger partial charge is 0.507 e. The van der Waals surface area contributed by atoms with Crippen LogP contribution < -0.4 is 10.6 Å². The Labute approximate surface area is 209 Å². The van der Waals surface area contributed by atoms with Crippen molar-refractivity contribution in [1.82, 2.24) is 9.80 Å². The van der Waals surface area contributed by atoms with E-state index in [0.29, 0.717) is 37.9 Å². The Bertz CT molecular complexity index is 1050. The number of aromatic hydroxyl groups is 2. The maximum Gasteiger partial charge on any atom is 0.200 e. The van der Waals surface area contributed by atoms with Gasteiger partial charge in [0.05, 0.1) is 35.7 Å². The van der Waals surface area contributed by atoms with Gasteiger partial charge in [-0.3, -0.25) is 19.4 Å². The Kier molecular flexibility index (Phi) is 7.38. The normalized spacial score (nSPS) is 18.6.